The molecule has 2 aromatic rings. The molecule has 0 fully saturated rings. The van der Waals surface area contributed by atoms with Crippen molar-refractivity contribution < 1.29 is 19.4 Å². The minimum Gasteiger partial charge on any atom is -0.497 e. The number of anilines is 2. The number of carbonyl (C=O) groups is 1. The zero-order valence-electron chi connectivity index (χ0n) is 11.5. The van der Waals surface area contributed by atoms with E-state index in [1.165, 1.54) is 12.1 Å². The summed E-state index contributed by atoms with van der Waals surface area (Å²) < 4.78 is 10.3. The molecule has 110 valence electrons. The first-order valence-corrected chi connectivity index (χ1v) is 6.44. The van der Waals surface area contributed by atoms with Crippen LogP contribution in [-0.2, 0) is 0 Å². The molecule has 0 bridgehead atoms. The van der Waals surface area contributed by atoms with Crippen molar-refractivity contribution in [1.82, 2.24) is 0 Å². The highest BCUT2D eigenvalue weighted by Crippen LogP contribution is 2.30. The lowest BCUT2D eigenvalue weighted by atomic mass is 10.1. The Kier molecular flexibility index (Phi) is 4.55. The predicted molar refractivity (Wildman–Crippen MR) is 81.2 cm³/mol. The van der Waals surface area contributed by atoms with Gasteiger partial charge in [0.1, 0.15) is 11.5 Å². The van der Waals surface area contributed by atoms with Crippen LogP contribution in [0.15, 0.2) is 36.4 Å². The summed E-state index contributed by atoms with van der Waals surface area (Å²) in [6, 6.07) is 9.72. The average Bonchev–Trinajstić information content (AvgIpc) is 2.46. The maximum absolute atomic E-state index is 11.2. The van der Waals surface area contributed by atoms with E-state index in [-0.39, 0.29) is 5.56 Å². The third kappa shape index (κ3) is 3.58. The number of carboxylic acid groups (broad SMARTS) is 1. The van der Waals surface area contributed by atoms with Gasteiger partial charge in [0.05, 0.1) is 25.5 Å². The fraction of sp³-hybridized carbons (Fsp3) is 0.133. The van der Waals surface area contributed by atoms with Crippen LogP contribution in [0.1, 0.15) is 10.4 Å². The lowest BCUT2D eigenvalue weighted by Crippen LogP contribution is -2.03. The monoisotopic (exact) mass is 307 g/mol. The quantitative estimate of drug-likeness (QED) is 0.879. The van der Waals surface area contributed by atoms with E-state index in [1.807, 2.05) is 0 Å². The first-order chi connectivity index (χ1) is 10.0. The van der Waals surface area contributed by atoms with Crippen LogP contribution in [0.5, 0.6) is 11.5 Å². The molecule has 0 aliphatic rings. The number of aromatic carboxylic acids is 1. The normalized spacial score (nSPS) is 10.0. The van der Waals surface area contributed by atoms with Gasteiger partial charge in [0.2, 0.25) is 0 Å². The number of ether oxygens (including phenoxy) is 2. The molecule has 0 atom stereocenters. The smallest absolute Gasteiger partial charge is 0.337 e. The highest BCUT2D eigenvalue weighted by Gasteiger charge is 2.11. The van der Waals surface area contributed by atoms with Crippen molar-refractivity contribution in [2.75, 3.05) is 19.5 Å². The van der Waals surface area contributed by atoms with E-state index in [0.717, 1.165) is 0 Å². The Morgan fingerprint density at radius 2 is 1.71 bits per heavy atom. The summed E-state index contributed by atoms with van der Waals surface area (Å²) in [5.41, 5.74) is 1.16. The fourth-order valence-corrected chi connectivity index (χ4v) is 2.01. The Morgan fingerprint density at radius 1 is 1.10 bits per heavy atom. The predicted octanol–water partition coefficient (Wildman–Crippen LogP) is 3.80. The van der Waals surface area contributed by atoms with Gasteiger partial charge in [-0.2, -0.15) is 0 Å². The molecule has 0 spiro atoms. The van der Waals surface area contributed by atoms with E-state index in [1.54, 1.807) is 38.5 Å². The Balaban J connectivity index is 2.42. The van der Waals surface area contributed by atoms with Crippen molar-refractivity contribution >= 4 is 28.9 Å². The SMILES string of the molecule is COc1cc(Nc2cc(Cl)ccc2C(=O)O)cc(OC)c1. The van der Waals surface area contributed by atoms with E-state index in [2.05, 4.69) is 5.32 Å². The summed E-state index contributed by atoms with van der Waals surface area (Å²) >= 11 is 5.92. The molecule has 0 saturated carbocycles. The third-order valence-electron chi connectivity index (χ3n) is 2.84. The Bertz CT molecular complexity index is 650. The second-order valence-electron chi connectivity index (χ2n) is 4.22. The molecule has 2 N–H and O–H groups in total. The Hall–Kier alpha value is -2.40. The highest BCUT2D eigenvalue weighted by atomic mass is 35.5. The fourth-order valence-electron chi connectivity index (χ4n) is 1.84. The van der Waals surface area contributed by atoms with Gasteiger partial charge in [0.25, 0.3) is 0 Å². The van der Waals surface area contributed by atoms with Crippen molar-refractivity contribution in [3.8, 4) is 11.5 Å². The molecule has 21 heavy (non-hydrogen) atoms. The number of methoxy groups -OCH3 is 2. The summed E-state index contributed by atoms with van der Waals surface area (Å²) in [6.45, 7) is 0. The molecule has 0 heterocycles. The molecule has 0 aliphatic carbocycles. The molecule has 0 aromatic heterocycles. The maximum atomic E-state index is 11.2. The van der Waals surface area contributed by atoms with Gasteiger partial charge in [-0.15, -0.1) is 0 Å². The van der Waals surface area contributed by atoms with Crippen LogP contribution in [0.25, 0.3) is 0 Å². The molecule has 0 amide bonds. The Morgan fingerprint density at radius 3 is 2.24 bits per heavy atom. The topological polar surface area (TPSA) is 67.8 Å². The van der Waals surface area contributed by atoms with E-state index in [4.69, 9.17) is 21.1 Å². The molecular formula is C15H14ClNO4. The first-order valence-electron chi connectivity index (χ1n) is 6.06. The summed E-state index contributed by atoms with van der Waals surface area (Å²) in [5.74, 6) is 0.149. The molecular weight excluding hydrogens is 294 g/mol. The number of halogens is 1. The molecule has 0 unspecified atom stereocenters. The second kappa shape index (κ2) is 6.37. The van der Waals surface area contributed by atoms with Gasteiger partial charge in [-0.3, -0.25) is 0 Å². The third-order valence-corrected chi connectivity index (χ3v) is 3.08. The number of nitrogens with one attached hydrogen (secondary N) is 1. The van der Waals surface area contributed by atoms with Gasteiger partial charge in [0.15, 0.2) is 0 Å². The molecule has 2 aromatic carbocycles. The molecule has 0 aliphatic heterocycles. The number of rotatable bonds is 5. The lowest BCUT2D eigenvalue weighted by Gasteiger charge is -2.12. The Labute approximate surface area is 127 Å². The van der Waals surface area contributed by atoms with Crippen LogP contribution in [-0.4, -0.2) is 25.3 Å². The van der Waals surface area contributed by atoms with Crippen molar-refractivity contribution in [2.24, 2.45) is 0 Å². The number of carboxylic acids is 1. The molecule has 0 saturated heterocycles. The van der Waals surface area contributed by atoms with Crippen molar-refractivity contribution in [1.29, 1.82) is 0 Å². The highest BCUT2D eigenvalue weighted by molar-refractivity contribution is 6.31. The summed E-state index contributed by atoms with van der Waals surface area (Å²) in [6.07, 6.45) is 0. The minimum absolute atomic E-state index is 0.126. The number of hydrogen-bond acceptors (Lipinski definition) is 4. The minimum atomic E-state index is -1.04. The number of hydrogen-bond donors (Lipinski definition) is 2. The van der Waals surface area contributed by atoms with Gasteiger partial charge in [-0.1, -0.05) is 11.6 Å². The summed E-state index contributed by atoms with van der Waals surface area (Å²) in [4.78, 5) is 11.2. The van der Waals surface area contributed by atoms with Gasteiger partial charge in [0, 0.05) is 28.9 Å². The van der Waals surface area contributed by atoms with Crippen LogP contribution in [0, 0.1) is 0 Å². The standard InChI is InChI=1S/C15H14ClNO4/c1-20-11-6-10(7-12(8-11)21-2)17-14-5-9(16)3-4-13(14)15(18)19/h3-8,17H,1-2H3,(H,18,19). The van der Waals surface area contributed by atoms with E-state index in [9.17, 15) is 9.90 Å². The van der Waals surface area contributed by atoms with Crippen LogP contribution in [0.4, 0.5) is 11.4 Å². The zero-order chi connectivity index (χ0) is 15.4. The largest absolute Gasteiger partial charge is 0.497 e. The van der Waals surface area contributed by atoms with Crippen LogP contribution in [0.3, 0.4) is 0 Å². The summed E-state index contributed by atoms with van der Waals surface area (Å²) in [7, 11) is 3.08. The van der Waals surface area contributed by atoms with Crippen molar-refractivity contribution in [3.63, 3.8) is 0 Å². The van der Waals surface area contributed by atoms with Crippen LogP contribution in [0.2, 0.25) is 5.02 Å². The van der Waals surface area contributed by atoms with Gasteiger partial charge in [-0.05, 0) is 18.2 Å². The van der Waals surface area contributed by atoms with Gasteiger partial charge >= 0.3 is 5.97 Å². The van der Waals surface area contributed by atoms with Gasteiger partial charge in [-0.25, -0.2) is 4.79 Å². The molecule has 0 radical (unpaired) electrons. The average molecular weight is 308 g/mol. The molecule has 2 rings (SSSR count). The summed E-state index contributed by atoms with van der Waals surface area (Å²) in [5, 5.41) is 12.7. The van der Waals surface area contributed by atoms with Crippen molar-refractivity contribution in [3.05, 3.63) is 47.0 Å². The maximum Gasteiger partial charge on any atom is 0.337 e. The van der Waals surface area contributed by atoms with E-state index in [0.29, 0.717) is 27.9 Å². The lowest BCUT2D eigenvalue weighted by molar-refractivity contribution is 0.0698. The van der Waals surface area contributed by atoms with Gasteiger partial charge < -0.3 is 19.9 Å². The first kappa shape index (κ1) is 15.0. The second-order valence-corrected chi connectivity index (χ2v) is 4.66. The molecule has 6 heteroatoms. The van der Waals surface area contributed by atoms with E-state index >= 15 is 0 Å². The van der Waals surface area contributed by atoms with Crippen LogP contribution >= 0.6 is 11.6 Å². The zero-order valence-corrected chi connectivity index (χ0v) is 12.3. The van der Waals surface area contributed by atoms with Crippen molar-refractivity contribution in [2.45, 2.75) is 0 Å². The molecule has 5 nitrogen and oxygen atoms in total. The van der Waals surface area contributed by atoms with E-state index < -0.39 is 5.97 Å². The number of benzene rings is 2. The van der Waals surface area contributed by atoms with Crippen LogP contribution < -0.4 is 14.8 Å².